The molecule has 0 amide bonds. The molecule has 0 aromatic heterocycles. The van der Waals surface area contributed by atoms with Gasteiger partial charge in [0.1, 0.15) is 0 Å². The van der Waals surface area contributed by atoms with Gasteiger partial charge in [-0.25, -0.2) is 0 Å². The fraction of sp³-hybridized carbons (Fsp3) is 0.429. The first-order valence-corrected chi connectivity index (χ1v) is 5.63. The Balaban J connectivity index is 2.63. The summed E-state index contributed by atoms with van der Waals surface area (Å²) in [5.41, 5.74) is 2.82. The van der Waals surface area contributed by atoms with Crippen LogP contribution in [0.2, 0.25) is 0 Å². The van der Waals surface area contributed by atoms with Crippen LogP contribution in [0.15, 0.2) is 36.4 Å². The maximum Gasteiger partial charge on any atom is 0.00100 e. The molecular weight excluding hydrogens is 182 g/mol. The minimum absolute atomic E-state index is 1.11. The molecule has 1 nitrogen and oxygen atoms in total. The van der Waals surface area contributed by atoms with Crippen LogP contribution in [-0.4, -0.2) is 25.5 Å². The van der Waals surface area contributed by atoms with Gasteiger partial charge in [0.25, 0.3) is 0 Å². The van der Waals surface area contributed by atoms with Crippen molar-refractivity contribution in [2.45, 2.75) is 19.8 Å². The van der Waals surface area contributed by atoms with Crippen LogP contribution in [0.4, 0.5) is 0 Å². The Hall–Kier alpha value is -1.08. The van der Waals surface area contributed by atoms with Crippen LogP contribution in [0.3, 0.4) is 0 Å². The molecule has 0 unspecified atom stereocenters. The highest BCUT2D eigenvalue weighted by Crippen LogP contribution is 2.17. The van der Waals surface area contributed by atoms with Crippen LogP contribution in [-0.2, 0) is 0 Å². The summed E-state index contributed by atoms with van der Waals surface area (Å²) in [5.74, 6) is 0. The van der Waals surface area contributed by atoms with Gasteiger partial charge in [0.05, 0.1) is 0 Å². The van der Waals surface area contributed by atoms with Crippen molar-refractivity contribution in [3.63, 3.8) is 0 Å². The van der Waals surface area contributed by atoms with Crippen molar-refractivity contribution in [3.05, 3.63) is 42.0 Å². The Labute approximate surface area is 93.4 Å². The van der Waals surface area contributed by atoms with E-state index in [2.05, 4.69) is 62.3 Å². The van der Waals surface area contributed by atoms with Gasteiger partial charge < -0.3 is 4.90 Å². The summed E-state index contributed by atoms with van der Waals surface area (Å²) in [7, 11) is 4.23. The van der Waals surface area contributed by atoms with E-state index in [9.17, 15) is 0 Å². The molecule has 0 aliphatic heterocycles. The Morgan fingerprint density at radius 2 is 1.87 bits per heavy atom. The molecule has 0 aliphatic rings. The van der Waals surface area contributed by atoms with Crippen LogP contribution >= 0.6 is 0 Å². The molecule has 0 saturated heterocycles. The topological polar surface area (TPSA) is 3.24 Å². The van der Waals surface area contributed by atoms with Crippen LogP contribution in [0, 0.1) is 0 Å². The van der Waals surface area contributed by atoms with Crippen molar-refractivity contribution >= 4 is 5.57 Å². The predicted molar refractivity (Wildman–Crippen MR) is 67.9 cm³/mol. The zero-order valence-electron chi connectivity index (χ0n) is 10.0. The monoisotopic (exact) mass is 203 g/mol. The molecule has 1 aromatic carbocycles. The van der Waals surface area contributed by atoms with Gasteiger partial charge in [0.2, 0.25) is 0 Å². The average molecular weight is 203 g/mol. The number of hydrogen-bond acceptors (Lipinski definition) is 1. The van der Waals surface area contributed by atoms with Crippen molar-refractivity contribution in [3.8, 4) is 0 Å². The smallest absolute Gasteiger partial charge is 0.00100 e. The van der Waals surface area contributed by atoms with Crippen molar-refractivity contribution in [1.29, 1.82) is 0 Å². The highest BCUT2D eigenvalue weighted by atomic mass is 15.0. The summed E-state index contributed by atoms with van der Waals surface area (Å²) in [6.45, 7) is 3.34. The molecular formula is C14H21N. The van der Waals surface area contributed by atoms with E-state index < -0.39 is 0 Å². The molecule has 0 spiro atoms. The van der Waals surface area contributed by atoms with Crippen LogP contribution < -0.4 is 0 Å². The van der Waals surface area contributed by atoms with Gasteiger partial charge in [0, 0.05) is 6.54 Å². The SMILES string of the molecule is CC/C(=C\CCN(C)C)c1ccccc1. The summed E-state index contributed by atoms with van der Waals surface area (Å²) in [5, 5.41) is 0. The Kier molecular flexibility index (Phi) is 5.13. The molecule has 0 N–H and O–H groups in total. The highest BCUT2D eigenvalue weighted by Gasteiger charge is 1.97. The molecule has 1 heteroatoms. The van der Waals surface area contributed by atoms with E-state index in [4.69, 9.17) is 0 Å². The summed E-state index contributed by atoms with van der Waals surface area (Å²) in [4.78, 5) is 2.22. The Morgan fingerprint density at radius 1 is 1.20 bits per heavy atom. The van der Waals surface area contributed by atoms with Gasteiger partial charge in [0.15, 0.2) is 0 Å². The third-order valence-corrected chi connectivity index (χ3v) is 2.49. The molecule has 0 atom stereocenters. The van der Waals surface area contributed by atoms with E-state index in [-0.39, 0.29) is 0 Å². The molecule has 82 valence electrons. The molecule has 1 aromatic rings. The Bertz CT molecular complexity index is 298. The summed E-state index contributed by atoms with van der Waals surface area (Å²) in [6.07, 6.45) is 4.60. The molecule has 0 saturated carbocycles. The first-order valence-electron chi connectivity index (χ1n) is 5.63. The third-order valence-electron chi connectivity index (χ3n) is 2.49. The van der Waals surface area contributed by atoms with Crippen LogP contribution in [0.1, 0.15) is 25.3 Å². The second kappa shape index (κ2) is 6.41. The third kappa shape index (κ3) is 4.30. The lowest BCUT2D eigenvalue weighted by Gasteiger charge is -2.08. The van der Waals surface area contributed by atoms with E-state index in [1.807, 2.05) is 0 Å². The number of rotatable bonds is 5. The van der Waals surface area contributed by atoms with E-state index in [0.717, 1.165) is 19.4 Å². The molecule has 1 rings (SSSR count). The minimum atomic E-state index is 1.11. The van der Waals surface area contributed by atoms with E-state index in [0.29, 0.717) is 0 Å². The van der Waals surface area contributed by atoms with E-state index >= 15 is 0 Å². The number of benzene rings is 1. The zero-order valence-corrected chi connectivity index (χ0v) is 10.0. The van der Waals surface area contributed by atoms with Crippen molar-refractivity contribution in [2.75, 3.05) is 20.6 Å². The van der Waals surface area contributed by atoms with Gasteiger partial charge in [-0.05, 0) is 38.1 Å². The van der Waals surface area contributed by atoms with Gasteiger partial charge in [-0.2, -0.15) is 0 Å². The molecule has 0 bridgehead atoms. The lowest BCUT2D eigenvalue weighted by atomic mass is 10.0. The van der Waals surface area contributed by atoms with Crippen LogP contribution in [0.25, 0.3) is 5.57 Å². The van der Waals surface area contributed by atoms with E-state index in [1.165, 1.54) is 11.1 Å². The normalized spacial score (nSPS) is 12.1. The standard InChI is InChI=1S/C14H21N/c1-4-13(11-8-12-15(2)3)14-9-6-5-7-10-14/h5-7,9-11H,4,8,12H2,1-3H3/b13-11+. The van der Waals surface area contributed by atoms with Gasteiger partial charge in [-0.1, -0.05) is 43.3 Å². The lowest BCUT2D eigenvalue weighted by molar-refractivity contribution is 0.417. The predicted octanol–water partition coefficient (Wildman–Crippen LogP) is 3.43. The second-order valence-corrected chi connectivity index (χ2v) is 4.04. The number of allylic oxidation sites excluding steroid dienone is 1. The van der Waals surface area contributed by atoms with Crippen molar-refractivity contribution in [2.24, 2.45) is 0 Å². The second-order valence-electron chi connectivity index (χ2n) is 4.04. The van der Waals surface area contributed by atoms with Gasteiger partial charge >= 0.3 is 0 Å². The summed E-state index contributed by atoms with van der Waals surface area (Å²) >= 11 is 0. The fourth-order valence-electron chi connectivity index (χ4n) is 1.62. The fourth-order valence-corrected chi connectivity index (χ4v) is 1.62. The first kappa shape index (κ1) is 12.0. The summed E-state index contributed by atoms with van der Waals surface area (Å²) in [6, 6.07) is 10.6. The quantitative estimate of drug-likeness (QED) is 0.708. The summed E-state index contributed by atoms with van der Waals surface area (Å²) < 4.78 is 0. The Morgan fingerprint density at radius 3 is 2.40 bits per heavy atom. The first-order chi connectivity index (χ1) is 7.24. The largest absolute Gasteiger partial charge is 0.309 e. The van der Waals surface area contributed by atoms with Gasteiger partial charge in [-0.15, -0.1) is 0 Å². The number of nitrogens with zero attached hydrogens (tertiary/aromatic N) is 1. The van der Waals surface area contributed by atoms with Gasteiger partial charge in [-0.3, -0.25) is 0 Å². The minimum Gasteiger partial charge on any atom is -0.309 e. The van der Waals surface area contributed by atoms with Crippen LogP contribution in [0.5, 0.6) is 0 Å². The maximum absolute atomic E-state index is 2.36. The van der Waals surface area contributed by atoms with Crippen molar-refractivity contribution < 1.29 is 0 Å². The maximum atomic E-state index is 2.36. The van der Waals surface area contributed by atoms with E-state index in [1.54, 1.807) is 0 Å². The molecule has 15 heavy (non-hydrogen) atoms. The molecule has 0 heterocycles. The number of hydrogen-bond donors (Lipinski definition) is 0. The molecule has 0 radical (unpaired) electrons. The molecule has 0 aliphatic carbocycles. The highest BCUT2D eigenvalue weighted by molar-refractivity contribution is 5.65. The molecule has 0 fully saturated rings. The lowest BCUT2D eigenvalue weighted by Crippen LogP contribution is -2.11. The average Bonchev–Trinajstić information content (AvgIpc) is 2.25. The van der Waals surface area contributed by atoms with Crippen molar-refractivity contribution in [1.82, 2.24) is 4.90 Å². The zero-order chi connectivity index (χ0) is 11.1.